The molecule has 0 spiro atoms. The van der Waals surface area contributed by atoms with Crippen molar-refractivity contribution in [2.45, 2.75) is 26.4 Å². The van der Waals surface area contributed by atoms with Crippen molar-refractivity contribution in [1.82, 2.24) is 25.0 Å². The van der Waals surface area contributed by atoms with Gasteiger partial charge in [-0.25, -0.2) is 0 Å². The second-order valence-electron chi connectivity index (χ2n) is 8.69. The lowest BCUT2D eigenvalue weighted by Gasteiger charge is -2.33. The summed E-state index contributed by atoms with van der Waals surface area (Å²) in [4.78, 5) is 13.3. The lowest BCUT2D eigenvalue weighted by molar-refractivity contribution is -0.929. The SMILES string of the molecule is CC[NH+]1CCN(c2nc3nnnn3c3sc4c(c23)CC[NH+](Cc2ccccc2)C4)CC1. The number of piperazine rings is 1. The molecule has 0 radical (unpaired) electrons. The van der Waals surface area contributed by atoms with Crippen LogP contribution in [0.3, 0.4) is 0 Å². The number of likely N-dealkylation sites (N-methyl/N-ethyl adjacent to an activating group) is 1. The summed E-state index contributed by atoms with van der Waals surface area (Å²) in [5.74, 6) is 1.70. The van der Waals surface area contributed by atoms with Gasteiger partial charge in [-0.3, -0.25) is 0 Å². The maximum Gasteiger partial charge on any atom is 0.276 e. The fourth-order valence-electron chi connectivity index (χ4n) is 5.09. The number of nitrogens with one attached hydrogen (secondary N) is 2. The first-order valence-corrected chi connectivity index (χ1v) is 12.1. The molecule has 8 nitrogen and oxygen atoms in total. The maximum atomic E-state index is 4.95. The van der Waals surface area contributed by atoms with Crippen LogP contribution in [0, 0.1) is 0 Å². The van der Waals surface area contributed by atoms with Crippen LogP contribution in [0.15, 0.2) is 30.3 Å². The van der Waals surface area contributed by atoms with E-state index in [0.717, 1.165) is 62.9 Å². The van der Waals surface area contributed by atoms with Crippen LogP contribution in [0.2, 0.25) is 0 Å². The predicted molar refractivity (Wildman–Crippen MR) is 121 cm³/mol. The Hall–Kier alpha value is -2.62. The molecule has 9 heteroatoms. The zero-order valence-electron chi connectivity index (χ0n) is 17.8. The van der Waals surface area contributed by atoms with Gasteiger partial charge in [0.15, 0.2) is 0 Å². The van der Waals surface area contributed by atoms with Crippen molar-refractivity contribution in [1.29, 1.82) is 0 Å². The first-order valence-electron chi connectivity index (χ1n) is 11.3. The number of benzene rings is 1. The van der Waals surface area contributed by atoms with Gasteiger partial charge in [-0.15, -0.1) is 11.3 Å². The van der Waals surface area contributed by atoms with Crippen molar-refractivity contribution in [3.05, 3.63) is 46.3 Å². The average molecular weight is 437 g/mol. The molecule has 1 atom stereocenters. The van der Waals surface area contributed by atoms with Crippen LogP contribution in [0.4, 0.5) is 5.82 Å². The van der Waals surface area contributed by atoms with Crippen molar-refractivity contribution in [3.8, 4) is 0 Å². The molecule has 2 N–H and O–H groups in total. The number of thiophene rings is 1. The highest BCUT2D eigenvalue weighted by atomic mass is 32.1. The second kappa shape index (κ2) is 7.81. The van der Waals surface area contributed by atoms with Crippen molar-refractivity contribution in [2.24, 2.45) is 0 Å². The Morgan fingerprint density at radius 3 is 2.71 bits per heavy atom. The zero-order chi connectivity index (χ0) is 20.8. The molecule has 1 aromatic carbocycles. The van der Waals surface area contributed by atoms with Crippen molar-refractivity contribution < 1.29 is 9.80 Å². The number of aromatic nitrogens is 5. The predicted octanol–water partition coefficient (Wildman–Crippen LogP) is -0.400. The highest BCUT2D eigenvalue weighted by molar-refractivity contribution is 7.19. The van der Waals surface area contributed by atoms with Crippen LogP contribution in [0.1, 0.15) is 22.9 Å². The quantitative estimate of drug-likeness (QED) is 0.456. The minimum Gasteiger partial charge on any atom is -0.345 e. The summed E-state index contributed by atoms with van der Waals surface area (Å²) in [6, 6.07) is 10.8. The summed E-state index contributed by atoms with van der Waals surface area (Å²) in [5.41, 5.74) is 2.88. The molecule has 6 rings (SSSR count). The highest BCUT2D eigenvalue weighted by Crippen LogP contribution is 2.37. The summed E-state index contributed by atoms with van der Waals surface area (Å²) in [7, 11) is 0. The van der Waals surface area contributed by atoms with E-state index >= 15 is 0 Å². The first kappa shape index (κ1) is 19.1. The van der Waals surface area contributed by atoms with E-state index in [1.807, 2.05) is 15.9 Å². The zero-order valence-corrected chi connectivity index (χ0v) is 18.7. The Balaban J connectivity index is 1.39. The van der Waals surface area contributed by atoms with Gasteiger partial charge in [0.2, 0.25) is 0 Å². The Labute approximate surface area is 185 Å². The van der Waals surface area contributed by atoms with E-state index in [0.29, 0.717) is 5.78 Å². The molecule has 2 aliphatic rings. The molecule has 0 saturated carbocycles. The van der Waals surface area contributed by atoms with Gasteiger partial charge in [0.25, 0.3) is 5.78 Å². The van der Waals surface area contributed by atoms with Gasteiger partial charge in [0, 0.05) is 12.0 Å². The molecule has 160 valence electrons. The molecule has 5 heterocycles. The van der Waals surface area contributed by atoms with Crippen LogP contribution in [0.25, 0.3) is 16.0 Å². The average Bonchev–Trinajstić information content (AvgIpc) is 3.43. The van der Waals surface area contributed by atoms with E-state index in [-0.39, 0.29) is 0 Å². The fourth-order valence-corrected chi connectivity index (χ4v) is 6.45. The fraction of sp³-hybridized carbons (Fsp3) is 0.455. The number of rotatable bonds is 4. The van der Waals surface area contributed by atoms with Gasteiger partial charge < -0.3 is 14.7 Å². The van der Waals surface area contributed by atoms with Gasteiger partial charge in [-0.05, 0) is 22.9 Å². The molecule has 0 bridgehead atoms. The van der Waals surface area contributed by atoms with Crippen molar-refractivity contribution in [2.75, 3.05) is 44.2 Å². The van der Waals surface area contributed by atoms with Crippen LogP contribution >= 0.6 is 11.3 Å². The summed E-state index contributed by atoms with van der Waals surface area (Å²) < 4.78 is 1.84. The molecule has 0 aliphatic carbocycles. The smallest absolute Gasteiger partial charge is 0.276 e. The molecule has 2 aliphatic heterocycles. The van der Waals surface area contributed by atoms with Crippen molar-refractivity contribution in [3.63, 3.8) is 0 Å². The Morgan fingerprint density at radius 1 is 1.06 bits per heavy atom. The third-order valence-electron chi connectivity index (χ3n) is 6.85. The monoisotopic (exact) mass is 436 g/mol. The number of tetrazole rings is 1. The molecule has 3 aromatic heterocycles. The van der Waals surface area contributed by atoms with E-state index < -0.39 is 0 Å². The number of nitrogens with zero attached hydrogens (tertiary/aromatic N) is 6. The van der Waals surface area contributed by atoms with Crippen LogP contribution < -0.4 is 14.7 Å². The van der Waals surface area contributed by atoms with E-state index in [1.165, 1.54) is 27.9 Å². The highest BCUT2D eigenvalue weighted by Gasteiger charge is 2.30. The molecular weight excluding hydrogens is 408 g/mol. The molecule has 1 fully saturated rings. The number of anilines is 1. The van der Waals surface area contributed by atoms with E-state index in [4.69, 9.17) is 4.98 Å². The van der Waals surface area contributed by atoms with E-state index in [2.05, 4.69) is 57.7 Å². The second-order valence-corrected chi connectivity index (χ2v) is 9.77. The van der Waals surface area contributed by atoms with Crippen molar-refractivity contribution >= 4 is 33.1 Å². The maximum absolute atomic E-state index is 4.95. The Kier molecular flexibility index (Phi) is 4.81. The van der Waals surface area contributed by atoms with E-state index in [1.54, 1.807) is 9.80 Å². The summed E-state index contributed by atoms with van der Waals surface area (Å²) in [6.07, 6.45) is 1.08. The topological polar surface area (TPSA) is 68.1 Å². The van der Waals surface area contributed by atoms with E-state index in [9.17, 15) is 0 Å². The summed E-state index contributed by atoms with van der Waals surface area (Å²) in [5, 5.41) is 13.7. The Bertz CT molecular complexity index is 1210. The lowest BCUT2D eigenvalue weighted by Crippen LogP contribution is -3.14. The van der Waals surface area contributed by atoms with Crippen LogP contribution in [-0.4, -0.2) is 64.3 Å². The third kappa shape index (κ3) is 3.37. The van der Waals surface area contributed by atoms with Crippen LogP contribution in [0.5, 0.6) is 0 Å². The molecule has 1 unspecified atom stereocenters. The standard InChI is InChI=1S/C22H26N8S/c1-2-27-10-12-29(13-11-27)20-19-17-8-9-28(14-16-6-4-3-5-7-16)15-18(17)31-21(19)30-22(23-20)24-25-26-30/h3-7H,2,8-15H2,1H3/p+2. The molecule has 31 heavy (non-hydrogen) atoms. The number of hydrogen-bond donors (Lipinski definition) is 2. The summed E-state index contributed by atoms with van der Waals surface area (Å²) >= 11 is 1.86. The number of hydrogen-bond acceptors (Lipinski definition) is 6. The first-order chi connectivity index (χ1) is 15.3. The van der Waals surface area contributed by atoms with Gasteiger partial charge in [0.05, 0.1) is 49.5 Å². The van der Waals surface area contributed by atoms with Gasteiger partial charge in [0.1, 0.15) is 23.7 Å². The largest absolute Gasteiger partial charge is 0.345 e. The minimum absolute atomic E-state index is 0.611. The van der Waals surface area contributed by atoms with Gasteiger partial charge >= 0.3 is 0 Å². The summed E-state index contributed by atoms with van der Waals surface area (Å²) in [6.45, 7) is 11.1. The third-order valence-corrected chi connectivity index (χ3v) is 8.06. The number of fused-ring (bicyclic) bond motifs is 5. The lowest BCUT2D eigenvalue weighted by atomic mass is 10.0. The molecular formula is C22H28N8S+2. The van der Waals surface area contributed by atoms with Crippen LogP contribution in [-0.2, 0) is 19.5 Å². The molecule has 4 aromatic rings. The molecule has 0 amide bonds. The van der Waals surface area contributed by atoms with Gasteiger partial charge in [-0.1, -0.05) is 35.4 Å². The van der Waals surface area contributed by atoms with Gasteiger partial charge in [-0.2, -0.15) is 9.50 Å². The minimum atomic E-state index is 0.611. The number of quaternary nitrogens is 2. The normalized spacial score (nSPS) is 19.9. The molecule has 1 saturated heterocycles. The Morgan fingerprint density at radius 2 is 1.90 bits per heavy atom.